The number of allylic oxidation sites excluding steroid dienone is 6. The number of aliphatic imine (C=N–C) groups is 1. The molecule has 40 heavy (non-hydrogen) atoms. The molecule has 0 saturated carbocycles. The van der Waals surface area contributed by atoms with Gasteiger partial charge in [-0.05, 0) is 38.8 Å². The first-order chi connectivity index (χ1) is 19.2. The third-order valence-corrected chi connectivity index (χ3v) is 6.31. The fraction of sp³-hybridized carbons (Fsp3) is 0.394. The molecule has 1 aliphatic heterocycles. The van der Waals surface area contributed by atoms with Crippen LogP contribution < -0.4 is 10.8 Å². The van der Waals surface area contributed by atoms with Crippen molar-refractivity contribution < 1.29 is 9.63 Å². The number of nitrogens with zero attached hydrogens (tertiary/aromatic N) is 3. The molecule has 7 heteroatoms. The maximum absolute atomic E-state index is 13.3. The number of nitrogens with one attached hydrogen (secondary N) is 2. The standard InChI is InChI=1S/C28H37N3O.C3H8N2O.C2H6/c1-8-10-14-27(19-29-23(5)21(3)9-2)28(32)25(7)30-17-18-31(22(4)20-30)24(6)26-15-12-11-13-16-26;1-4-3-5-6-2;1-2/h8,10-16,19,22,29H,1,6-7,9,17-18,20H2,2-5H3;3H,1-2H3,(H,4,5);1-2H3/b14-10+,23-21-,27-19+;;. The first-order valence-corrected chi connectivity index (χ1v) is 13.8. The lowest BCUT2D eigenvalue weighted by Gasteiger charge is -2.43. The predicted molar refractivity (Wildman–Crippen MR) is 172 cm³/mol. The van der Waals surface area contributed by atoms with Crippen molar-refractivity contribution in [1.82, 2.24) is 20.6 Å². The Balaban J connectivity index is 0.00000168. The highest BCUT2D eigenvalue weighted by atomic mass is 16.6. The number of carbonyl (C=O) groups excluding carboxylic acids is 1. The lowest BCUT2D eigenvalue weighted by Crippen LogP contribution is -2.51. The zero-order valence-corrected chi connectivity index (χ0v) is 26.0. The summed E-state index contributed by atoms with van der Waals surface area (Å²) in [6, 6.07) is 10.4. The molecular weight excluding hydrogens is 498 g/mol. The third kappa shape index (κ3) is 12.3. The van der Waals surface area contributed by atoms with Gasteiger partial charge in [-0.1, -0.05) is 88.6 Å². The van der Waals surface area contributed by atoms with Gasteiger partial charge in [-0.3, -0.25) is 20.1 Å². The molecule has 7 nitrogen and oxygen atoms in total. The molecule has 0 spiro atoms. The van der Waals surface area contributed by atoms with Gasteiger partial charge in [0, 0.05) is 55.9 Å². The van der Waals surface area contributed by atoms with Crippen molar-refractivity contribution in [3.63, 3.8) is 0 Å². The average Bonchev–Trinajstić information content (AvgIpc) is 3.00. The molecule has 0 aliphatic carbocycles. The summed E-state index contributed by atoms with van der Waals surface area (Å²) >= 11 is 0. The van der Waals surface area contributed by atoms with Crippen LogP contribution in [0.25, 0.3) is 5.70 Å². The van der Waals surface area contributed by atoms with Crippen LogP contribution in [0.5, 0.6) is 0 Å². The largest absolute Gasteiger partial charge is 0.365 e. The van der Waals surface area contributed by atoms with Gasteiger partial charge < -0.3 is 15.1 Å². The number of Topliss-reactive ketones (excluding diaryl/α,β-unsaturated/α-hetero) is 1. The highest BCUT2D eigenvalue weighted by Crippen LogP contribution is 2.25. The van der Waals surface area contributed by atoms with Crippen LogP contribution in [-0.4, -0.2) is 61.8 Å². The first-order valence-electron chi connectivity index (χ1n) is 13.8. The van der Waals surface area contributed by atoms with Crippen LogP contribution in [0.15, 0.2) is 102 Å². The van der Waals surface area contributed by atoms with Gasteiger partial charge in [-0.25, -0.2) is 0 Å². The van der Waals surface area contributed by atoms with Crippen molar-refractivity contribution in [2.24, 2.45) is 4.99 Å². The molecule has 1 heterocycles. The Kier molecular flexibility index (Phi) is 19.0. The van der Waals surface area contributed by atoms with E-state index < -0.39 is 0 Å². The minimum Gasteiger partial charge on any atom is -0.365 e. The molecular formula is C33H51N5O2. The van der Waals surface area contributed by atoms with E-state index in [9.17, 15) is 4.79 Å². The molecule has 1 atom stereocenters. The van der Waals surface area contributed by atoms with E-state index >= 15 is 0 Å². The fourth-order valence-electron chi connectivity index (χ4n) is 3.75. The molecule has 220 valence electrons. The Hall–Kier alpha value is -3.84. The summed E-state index contributed by atoms with van der Waals surface area (Å²) in [5.41, 5.74) is 7.92. The van der Waals surface area contributed by atoms with E-state index in [-0.39, 0.29) is 11.8 Å². The van der Waals surface area contributed by atoms with Crippen LogP contribution >= 0.6 is 0 Å². The molecule has 2 rings (SSSR count). The van der Waals surface area contributed by atoms with Crippen molar-refractivity contribution in [3.8, 4) is 0 Å². The molecule has 1 aromatic rings. The monoisotopic (exact) mass is 549 g/mol. The van der Waals surface area contributed by atoms with Crippen LogP contribution in [0.2, 0.25) is 0 Å². The molecule has 0 aromatic heterocycles. The van der Waals surface area contributed by atoms with E-state index in [0.29, 0.717) is 11.3 Å². The van der Waals surface area contributed by atoms with E-state index in [1.807, 2.05) is 39.0 Å². The van der Waals surface area contributed by atoms with Gasteiger partial charge >= 0.3 is 0 Å². The summed E-state index contributed by atoms with van der Waals surface area (Å²) in [6.07, 6.45) is 9.40. The second-order valence-corrected chi connectivity index (χ2v) is 8.88. The topological polar surface area (TPSA) is 69.2 Å². The molecule has 0 amide bonds. The van der Waals surface area contributed by atoms with Crippen molar-refractivity contribution in [3.05, 3.63) is 103 Å². The number of rotatable bonds is 12. The number of hydroxylamine groups is 1. The summed E-state index contributed by atoms with van der Waals surface area (Å²) in [5, 5.41) is 3.26. The molecule has 1 fully saturated rings. The first kappa shape index (κ1) is 36.2. The molecule has 1 aliphatic rings. The van der Waals surface area contributed by atoms with Gasteiger partial charge in [0.25, 0.3) is 0 Å². The van der Waals surface area contributed by atoms with E-state index in [4.69, 9.17) is 0 Å². The lowest BCUT2D eigenvalue weighted by atomic mass is 10.0. The molecule has 1 saturated heterocycles. The third-order valence-electron chi connectivity index (χ3n) is 6.31. The smallest absolute Gasteiger partial charge is 0.209 e. The van der Waals surface area contributed by atoms with E-state index in [0.717, 1.165) is 43.0 Å². The minimum absolute atomic E-state index is 0.0833. The Morgan fingerprint density at radius 1 is 1.18 bits per heavy atom. The van der Waals surface area contributed by atoms with Crippen molar-refractivity contribution in [1.29, 1.82) is 0 Å². The van der Waals surface area contributed by atoms with Crippen LogP contribution in [0.1, 0.15) is 53.5 Å². The van der Waals surface area contributed by atoms with Gasteiger partial charge in [0.05, 0.1) is 12.8 Å². The van der Waals surface area contributed by atoms with Gasteiger partial charge in [0.1, 0.15) is 6.34 Å². The molecule has 0 bridgehead atoms. The van der Waals surface area contributed by atoms with Crippen LogP contribution in [-0.2, 0) is 9.63 Å². The predicted octanol–water partition coefficient (Wildman–Crippen LogP) is 6.49. The van der Waals surface area contributed by atoms with E-state index in [1.165, 1.54) is 19.0 Å². The van der Waals surface area contributed by atoms with Crippen LogP contribution in [0.3, 0.4) is 0 Å². The normalized spacial score (nSPS) is 15.8. The summed E-state index contributed by atoms with van der Waals surface area (Å²) < 4.78 is 0. The summed E-state index contributed by atoms with van der Waals surface area (Å²) in [4.78, 5) is 25.6. The highest BCUT2D eigenvalue weighted by molar-refractivity contribution is 6.09. The number of ketones is 1. The second kappa shape index (κ2) is 21.0. The number of hydrogen-bond donors (Lipinski definition) is 2. The lowest BCUT2D eigenvalue weighted by molar-refractivity contribution is -0.113. The minimum atomic E-state index is -0.0833. The van der Waals surface area contributed by atoms with E-state index in [1.54, 1.807) is 31.5 Å². The SMILES string of the molecule is C=C/C=C/C(=C\N/C(C)=C(/C)CC)C(=O)C(=C)N1CCN(C(=C)c2ccccc2)C(C)C1.CC.CN=CNOC. The number of piperazine rings is 1. The Morgan fingerprint density at radius 3 is 2.33 bits per heavy atom. The van der Waals surface area contributed by atoms with Gasteiger partial charge in [-0.2, -0.15) is 0 Å². The maximum Gasteiger partial charge on any atom is 0.209 e. The van der Waals surface area contributed by atoms with Crippen molar-refractivity contribution >= 4 is 17.8 Å². The maximum atomic E-state index is 13.3. The summed E-state index contributed by atoms with van der Waals surface area (Å²) in [5.74, 6) is -0.0833. The molecule has 1 unspecified atom stereocenters. The molecule has 2 N–H and O–H groups in total. The quantitative estimate of drug-likeness (QED) is 0.102. The zero-order chi connectivity index (χ0) is 30.5. The van der Waals surface area contributed by atoms with Crippen LogP contribution in [0.4, 0.5) is 0 Å². The van der Waals surface area contributed by atoms with Gasteiger partial charge in [0.2, 0.25) is 5.78 Å². The summed E-state index contributed by atoms with van der Waals surface area (Å²) in [7, 11) is 3.19. The molecule has 0 radical (unpaired) electrons. The fourth-order valence-corrected chi connectivity index (χ4v) is 3.75. The van der Waals surface area contributed by atoms with Crippen molar-refractivity contribution in [2.45, 2.75) is 54.0 Å². The van der Waals surface area contributed by atoms with Crippen LogP contribution in [0, 0.1) is 0 Å². The average molecular weight is 550 g/mol. The van der Waals surface area contributed by atoms with Gasteiger partial charge in [0.15, 0.2) is 0 Å². The Morgan fingerprint density at radius 2 is 1.82 bits per heavy atom. The zero-order valence-electron chi connectivity index (χ0n) is 26.0. The number of hydrogen-bond acceptors (Lipinski definition) is 6. The molecule has 1 aromatic carbocycles. The van der Waals surface area contributed by atoms with E-state index in [2.05, 4.69) is 83.1 Å². The Labute approximate surface area is 243 Å². The van der Waals surface area contributed by atoms with Gasteiger partial charge in [-0.15, -0.1) is 0 Å². The Bertz CT molecular complexity index is 1050. The highest BCUT2D eigenvalue weighted by Gasteiger charge is 2.28. The second-order valence-electron chi connectivity index (χ2n) is 8.88. The number of benzene rings is 1. The number of carbonyl (C=O) groups is 1. The summed E-state index contributed by atoms with van der Waals surface area (Å²) in [6.45, 7) is 26.8. The van der Waals surface area contributed by atoms with Crippen molar-refractivity contribution in [2.75, 3.05) is 33.8 Å².